The second-order valence-electron chi connectivity index (χ2n) is 4.16. The summed E-state index contributed by atoms with van der Waals surface area (Å²) in [6.07, 6.45) is 3.03. The number of hydrogen-bond donors (Lipinski definition) is 2. The highest BCUT2D eigenvalue weighted by Gasteiger charge is 2.19. The van der Waals surface area contributed by atoms with Gasteiger partial charge in [0, 0.05) is 24.9 Å². The first-order valence-electron chi connectivity index (χ1n) is 5.58. The maximum Gasteiger partial charge on any atom is 0.246 e. The number of carbonyl (C=O) groups excluding carboxylic acids is 1. The van der Waals surface area contributed by atoms with Crippen molar-refractivity contribution in [2.45, 2.75) is 6.04 Å². The average Bonchev–Trinajstić information content (AvgIpc) is 2.81. The predicted molar refractivity (Wildman–Crippen MR) is 72.8 cm³/mol. The summed E-state index contributed by atoms with van der Waals surface area (Å²) >= 11 is 2.92. The molecule has 2 rings (SSSR count). The number of nitrogens with one attached hydrogen (secondary N) is 1. The zero-order valence-corrected chi connectivity index (χ0v) is 12.0. The molecular formula is C12H11BrF2N4O. The van der Waals surface area contributed by atoms with Crippen molar-refractivity contribution in [3.05, 3.63) is 46.2 Å². The minimum absolute atomic E-state index is 0.0455. The number of amides is 1. The minimum atomic E-state index is -0.994. The summed E-state index contributed by atoms with van der Waals surface area (Å²) in [5.74, 6) is -2.25. The zero-order valence-electron chi connectivity index (χ0n) is 10.4. The van der Waals surface area contributed by atoms with Gasteiger partial charge in [-0.15, -0.1) is 0 Å². The molecule has 0 spiro atoms. The third-order valence-corrected chi connectivity index (χ3v) is 3.24. The Balaban J connectivity index is 2.17. The van der Waals surface area contributed by atoms with E-state index >= 15 is 0 Å². The largest absolute Gasteiger partial charge is 0.322 e. The summed E-state index contributed by atoms with van der Waals surface area (Å²) in [7, 11) is 1.69. The topological polar surface area (TPSA) is 72.9 Å². The van der Waals surface area contributed by atoms with E-state index in [9.17, 15) is 13.6 Å². The number of nitrogens with two attached hydrogens (primary N) is 1. The summed E-state index contributed by atoms with van der Waals surface area (Å²) < 4.78 is 28.2. The zero-order chi connectivity index (χ0) is 14.9. The Morgan fingerprint density at radius 3 is 2.75 bits per heavy atom. The molecule has 0 radical (unpaired) electrons. The van der Waals surface area contributed by atoms with Crippen LogP contribution in [0.15, 0.2) is 29.0 Å². The lowest BCUT2D eigenvalue weighted by atomic mass is 10.1. The van der Waals surface area contributed by atoms with Gasteiger partial charge in [-0.3, -0.25) is 9.48 Å². The first kappa shape index (κ1) is 14.6. The van der Waals surface area contributed by atoms with E-state index < -0.39 is 23.6 Å². The summed E-state index contributed by atoms with van der Waals surface area (Å²) in [6.45, 7) is 0. The Morgan fingerprint density at radius 2 is 2.15 bits per heavy atom. The molecule has 0 aliphatic rings. The molecule has 106 valence electrons. The molecule has 2 aromatic rings. The second kappa shape index (κ2) is 5.68. The first-order chi connectivity index (χ1) is 9.38. The van der Waals surface area contributed by atoms with Gasteiger partial charge in [0.05, 0.1) is 16.4 Å². The van der Waals surface area contributed by atoms with Crippen molar-refractivity contribution in [2.24, 2.45) is 12.8 Å². The van der Waals surface area contributed by atoms with Crippen LogP contribution in [0.2, 0.25) is 0 Å². The van der Waals surface area contributed by atoms with Crippen molar-refractivity contribution >= 4 is 27.5 Å². The Hall–Kier alpha value is -1.80. The molecule has 0 aliphatic heterocycles. The lowest BCUT2D eigenvalue weighted by molar-refractivity contribution is -0.117. The van der Waals surface area contributed by atoms with Crippen LogP contribution in [0, 0.1) is 11.6 Å². The molecule has 0 saturated carbocycles. The van der Waals surface area contributed by atoms with Crippen LogP contribution in [0.25, 0.3) is 0 Å². The predicted octanol–water partition coefficient (Wildman–Crippen LogP) is 2.10. The average molecular weight is 345 g/mol. The molecule has 8 heteroatoms. The van der Waals surface area contributed by atoms with E-state index in [1.54, 1.807) is 13.2 Å². The Kier molecular flexibility index (Phi) is 4.15. The molecule has 0 bridgehead atoms. The molecule has 0 fully saturated rings. The Labute approximate surface area is 121 Å². The monoisotopic (exact) mass is 344 g/mol. The van der Waals surface area contributed by atoms with E-state index in [2.05, 4.69) is 26.3 Å². The number of anilines is 1. The summed E-state index contributed by atoms with van der Waals surface area (Å²) in [5.41, 5.74) is 6.09. The molecule has 1 unspecified atom stereocenters. The minimum Gasteiger partial charge on any atom is -0.322 e. The summed E-state index contributed by atoms with van der Waals surface area (Å²) in [4.78, 5) is 11.9. The maximum atomic E-state index is 13.5. The van der Waals surface area contributed by atoms with E-state index in [1.165, 1.54) is 10.9 Å². The molecule has 1 aromatic carbocycles. The van der Waals surface area contributed by atoms with Gasteiger partial charge < -0.3 is 11.1 Å². The Morgan fingerprint density at radius 1 is 1.45 bits per heavy atom. The summed E-state index contributed by atoms with van der Waals surface area (Å²) in [6, 6.07) is 0.820. The first-order valence-corrected chi connectivity index (χ1v) is 6.37. The quantitative estimate of drug-likeness (QED) is 0.837. The highest BCUT2D eigenvalue weighted by Crippen LogP contribution is 2.24. The smallest absolute Gasteiger partial charge is 0.246 e. The highest BCUT2D eigenvalue weighted by molar-refractivity contribution is 9.10. The van der Waals surface area contributed by atoms with Crippen molar-refractivity contribution in [1.82, 2.24) is 9.78 Å². The number of aryl methyl sites for hydroxylation is 1. The molecular weight excluding hydrogens is 334 g/mol. The van der Waals surface area contributed by atoms with Crippen molar-refractivity contribution in [1.29, 1.82) is 0 Å². The number of rotatable bonds is 3. The molecule has 1 atom stereocenters. The van der Waals surface area contributed by atoms with Gasteiger partial charge in [-0.05, 0) is 22.0 Å². The molecule has 3 N–H and O–H groups in total. The van der Waals surface area contributed by atoms with E-state index in [-0.39, 0.29) is 10.2 Å². The van der Waals surface area contributed by atoms with Gasteiger partial charge in [-0.2, -0.15) is 5.10 Å². The number of aromatic nitrogens is 2. The van der Waals surface area contributed by atoms with Gasteiger partial charge in [0.25, 0.3) is 0 Å². The van der Waals surface area contributed by atoms with Crippen LogP contribution < -0.4 is 11.1 Å². The van der Waals surface area contributed by atoms with Gasteiger partial charge in [-0.1, -0.05) is 0 Å². The fourth-order valence-electron chi connectivity index (χ4n) is 1.58. The number of nitrogens with zero attached hydrogens (tertiary/aromatic N) is 2. The molecule has 0 aliphatic carbocycles. The van der Waals surface area contributed by atoms with Crippen LogP contribution in [0.1, 0.15) is 11.6 Å². The summed E-state index contributed by atoms with van der Waals surface area (Å²) in [5, 5.41) is 6.21. The van der Waals surface area contributed by atoms with E-state index in [4.69, 9.17) is 5.73 Å². The molecule has 20 heavy (non-hydrogen) atoms. The van der Waals surface area contributed by atoms with Crippen LogP contribution in [-0.4, -0.2) is 15.7 Å². The SMILES string of the molecule is Cn1cc(C(N)C(=O)Nc2cc(Br)c(F)cc2F)cn1. The number of benzene rings is 1. The van der Waals surface area contributed by atoms with Crippen molar-refractivity contribution in [2.75, 3.05) is 5.32 Å². The van der Waals surface area contributed by atoms with Crippen LogP contribution in [0.3, 0.4) is 0 Å². The lowest BCUT2D eigenvalue weighted by Crippen LogP contribution is -2.27. The number of hydrogen-bond acceptors (Lipinski definition) is 3. The van der Waals surface area contributed by atoms with E-state index in [0.717, 1.165) is 6.07 Å². The van der Waals surface area contributed by atoms with Gasteiger partial charge in [0.15, 0.2) is 0 Å². The normalized spacial score (nSPS) is 12.2. The third-order valence-electron chi connectivity index (χ3n) is 2.63. The van der Waals surface area contributed by atoms with Gasteiger partial charge in [-0.25, -0.2) is 8.78 Å². The fourth-order valence-corrected chi connectivity index (χ4v) is 1.92. The Bertz CT molecular complexity index is 659. The van der Waals surface area contributed by atoms with Crippen molar-refractivity contribution in [3.8, 4) is 0 Å². The van der Waals surface area contributed by atoms with Crippen molar-refractivity contribution in [3.63, 3.8) is 0 Å². The lowest BCUT2D eigenvalue weighted by Gasteiger charge is -2.11. The standard InChI is InChI=1S/C12H11BrF2N4O/c1-19-5-6(4-17-19)11(16)12(20)18-10-2-7(13)8(14)3-9(10)15/h2-5,11H,16H2,1H3,(H,18,20). The molecule has 1 aromatic heterocycles. The third kappa shape index (κ3) is 3.02. The van der Waals surface area contributed by atoms with Crippen molar-refractivity contribution < 1.29 is 13.6 Å². The maximum absolute atomic E-state index is 13.5. The molecule has 1 amide bonds. The van der Waals surface area contributed by atoms with Gasteiger partial charge in [0.2, 0.25) is 5.91 Å². The van der Waals surface area contributed by atoms with Gasteiger partial charge in [0.1, 0.15) is 17.7 Å². The molecule has 1 heterocycles. The van der Waals surface area contributed by atoms with E-state index in [1.807, 2.05) is 0 Å². The van der Waals surface area contributed by atoms with Crippen LogP contribution in [0.5, 0.6) is 0 Å². The van der Waals surface area contributed by atoms with E-state index in [0.29, 0.717) is 11.6 Å². The second-order valence-corrected chi connectivity index (χ2v) is 5.01. The molecule has 5 nitrogen and oxygen atoms in total. The van der Waals surface area contributed by atoms with Crippen LogP contribution in [0.4, 0.5) is 14.5 Å². The molecule has 0 saturated heterocycles. The van der Waals surface area contributed by atoms with Crippen LogP contribution >= 0.6 is 15.9 Å². The van der Waals surface area contributed by atoms with Gasteiger partial charge >= 0.3 is 0 Å². The fraction of sp³-hybridized carbons (Fsp3) is 0.167. The number of carbonyl (C=O) groups is 1. The highest BCUT2D eigenvalue weighted by atomic mass is 79.9. The van der Waals surface area contributed by atoms with Crippen LogP contribution in [-0.2, 0) is 11.8 Å². The number of halogens is 3.